The Balaban J connectivity index is 2.16. The fourth-order valence-electron chi connectivity index (χ4n) is 1.95. The highest BCUT2D eigenvalue weighted by atomic mass is 19.1. The third kappa shape index (κ3) is 2.55. The highest BCUT2D eigenvalue weighted by Gasteiger charge is 2.33. The second-order valence-corrected chi connectivity index (χ2v) is 4.09. The van der Waals surface area contributed by atoms with Crippen LogP contribution in [0.3, 0.4) is 0 Å². The van der Waals surface area contributed by atoms with Crippen LogP contribution in [0.5, 0.6) is 0 Å². The topological polar surface area (TPSA) is 37.3 Å². The van der Waals surface area contributed by atoms with Crippen LogP contribution in [0, 0.1) is 11.7 Å². The molecule has 1 unspecified atom stereocenters. The van der Waals surface area contributed by atoms with Gasteiger partial charge in [0.1, 0.15) is 5.82 Å². The van der Waals surface area contributed by atoms with Gasteiger partial charge in [-0.1, -0.05) is 12.1 Å². The van der Waals surface area contributed by atoms with Crippen LogP contribution in [0.2, 0.25) is 0 Å². The van der Waals surface area contributed by atoms with E-state index in [1.54, 1.807) is 12.1 Å². The van der Waals surface area contributed by atoms with E-state index in [1.807, 2.05) is 0 Å². The van der Waals surface area contributed by atoms with Crippen LogP contribution >= 0.6 is 0 Å². The molecule has 3 heteroatoms. The monoisotopic (exact) mass is 208 g/mol. The number of aliphatic carboxylic acids is 1. The molecule has 15 heavy (non-hydrogen) atoms. The summed E-state index contributed by atoms with van der Waals surface area (Å²) < 4.78 is 12.7. The van der Waals surface area contributed by atoms with E-state index >= 15 is 0 Å². The summed E-state index contributed by atoms with van der Waals surface area (Å²) in [6.45, 7) is 0. The zero-order valence-electron chi connectivity index (χ0n) is 8.32. The third-order valence-electron chi connectivity index (χ3n) is 2.88. The normalized spacial score (nSPS) is 17.4. The number of carbonyl (C=O) groups is 1. The highest BCUT2D eigenvalue weighted by Crippen LogP contribution is 2.44. The van der Waals surface area contributed by atoms with Gasteiger partial charge < -0.3 is 5.11 Å². The number of carboxylic acids is 1. The van der Waals surface area contributed by atoms with Gasteiger partial charge in [0.2, 0.25) is 0 Å². The standard InChI is InChI=1S/C12H13FO2/c13-10-5-3-9(4-6-10)11(7-12(14)15)8-1-2-8/h3-6,8,11H,1-2,7H2,(H,14,15). The Morgan fingerprint density at radius 1 is 1.40 bits per heavy atom. The van der Waals surface area contributed by atoms with Crippen molar-refractivity contribution in [2.75, 3.05) is 0 Å². The van der Waals surface area contributed by atoms with Gasteiger partial charge in [0.15, 0.2) is 0 Å². The average molecular weight is 208 g/mol. The number of hydrogen-bond donors (Lipinski definition) is 1. The summed E-state index contributed by atoms with van der Waals surface area (Å²) in [5, 5.41) is 8.80. The quantitative estimate of drug-likeness (QED) is 0.826. The van der Waals surface area contributed by atoms with E-state index in [9.17, 15) is 9.18 Å². The van der Waals surface area contributed by atoms with Crippen LogP contribution in [0.15, 0.2) is 24.3 Å². The van der Waals surface area contributed by atoms with Gasteiger partial charge in [-0.2, -0.15) is 0 Å². The fourth-order valence-corrected chi connectivity index (χ4v) is 1.95. The number of rotatable bonds is 4. The van der Waals surface area contributed by atoms with Crippen molar-refractivity contribution in [1.82, 2.24) is 0 Å². The van der Waals surface area contributed by atoms with E-state index in [-0.39, 0.29) is 18.2 Å². The molecule has 1 saturated carbocycles. The Kier molecular flexibility index (Phi) is 2.71. The molecule has 0 amide bonds. The summed E-state index contributed by atoms with van der Waals surface area (Å²) in [5.41, 5.74) is 0.946. The van der Waals surface area contributed by atoms with Gasteiger partial charge in [-0.05, 0) is 42.4 Å². The first kappa shape index (κ1) is 10.1. The number of halogens is 1. The zero-order valence-corrected chi connectivity index (χ0v) is 8.32. The van der Waals surface area contributed by atoms with E-state index in [0.29, 0.717) is 5.92 Å². The second-order valence-electron chi connectivity index (χ2n) is 4.09. The minimum atomic E-state index is -0.781. The maximum absolute atomic E-state index is 12.7. The molecule has 0 radical (unpaired) electrons. The Labute approximate surface area is 87.7 Å². The molecule has 0 bridgehead atoms. The van der Waals surface area contributed by atoms with Crippen molar-refractivity contribution in [3.63, 3.8) is 0 Å². The molecule has 1 fully saturated rings. The van der Waals surface area contributed by atoms with Gasteiger partial charge in [0.05, 0.1) is 6.42 Å². The Morgan fingerprint density at radius 3 is 2.47 bits per heavy atom. The smallest absolute Gasteiger partial charge is 0.303 e. The SMILES string of the molecule is O=C(O)CC(c1ccc(F)cc1)C1CC1. The molecule has 80 valence electrons. The molecule has 1 N–H and O–H groups in total. The van der Waals surface area contributed by atoms with Crippen LogP contribution < -0.4 is 0 Å². The van der Waals surface area contributed by atoms with Crippen LogP contribution in [0.25, 0.3) is 0 Å². The lowest BCUT2D eigenvalue weighted by molar-refractivity contribution is -0.137. The van der Waals surface area contributed by atoms with E-state index < -0.39 is 5.97 Å². The van der Waals surface area contributed by atoms with Crippen molar-refractivity contribution >= 4 is 5.97 Å². The highest BCUT2D eigenvalue weighted by molar-refractivity contribution is 5.68. The maximum Gasteiger partial charge on any atom is 0.303 e. The molecule has 2 nitrogen and oxygen atoms in total. The third-order valence-corrected chi connectivity index (χ3v) is 2.88. The second kappa shape index (κ2) is 4.01. The lowest BCUT2D eigenvalue weighted by atomic mass is 9.91. The first-order valence-electron chi connectivity index (χ1n) is 5.14. The minimum Gasteiger partial charge on any atom is -0.481 e. The number of carboxylic acid groups (broad SMARTS) is 1. The van der Waals surface area contributed by atoms with Crippen molar-refractivity contribution < 1.29 is 14.3 Å². The van der Waals surface area contributed by atoms with Gasteiger partial charge in [0.25, 0.3) is 0 Å². The van der Waals surface area contributed by atoms with Gasteiger partial charge in [0, 0.05) is 0 Å². The Morgan fingerprint density at radius 2 is 2.00 bits per heavy atom. The predicted octanol–water partition coefficient (Wildman–Crippen LogP) is 2.79. The van der Waals surface area contributed by atoms with Gasteiger partial charge in [-0.3, -0.25) is 4.79 Å². The predicted molar refractivity (Wildman–Crippen MR) is 54.1 cm³/mol. The molecule has 0 aliphatic heterocycles. The summed E-state index contributed by atoms with van der Waals surface area (Å²) in [7, 11) is 0. The molecular formula is C12H13FO2. The Hall–Kier alpha value is -1.38. The zero-order chi connectivity index (χ0) is 10.8. The van der Waals surface area contributed by atoms with Crippen LogP contribution in [0.1, 0.15) is 30.7 Å². The molecule has 1 aliphatic carbocycles. The lowest BCUT2D eigenvalue weighted by Gasteiger charge is -2.13. The van der Waals surface area contributed by atoms with E-state index in [4.69, 9.17) is 5.11 Å². The largest absolute Gasteiger partial charge is 0.481 e. The molecule has 2 rings (SSSR count). The van der Waals surface area contributed by atoms with Crippen molar-refractivity contribution in [3.8, 4) is 0 Å². The first-order chi connectivity index (χ1) is 7.16. The molecule has 1 aromatic rings. The van der Waals surface area contributed by atoms with Crippen molar-refractivity contribution in [1.29, 1.82) is 0 Å². The molecular weight excluding hydrogens is 195 g/mol. The van der Waals surface area contributed by atoms with E-state index in [2.05, 4.69) is 0 Å². The van der Waals surface area contributed by atoms with Crippen molar-refractivity contribution in [2.24, 2.45) is 5.92 Å². The van der Waals surface area contributed by atoms with Crippen LogP contribution in [0.4, 0.5) is 4.39 Å². The first-order valence-corrected chi connectivity index (χ1v) is 5.14. The summed E-state index contributed by atoms with van der Waals surface area (Å²) >= 11 is 0. The van der Waals surface area contributed by atoms with Gasteiger partial charge in [-0.15, -0.1) is 0 Å². The molecule has 0 spiro atoms. The van der Waals surface area contributed by atoms with Crippen molar-refractivity contribution in [3.05, 3.63) is 35.6 Å². The van der Waals surface area contributed by atoms with Crippen LogP contribution in [-0.2, 0) is 4.79 Å². The summed E-state index contributed by atoms with van der Waals surface area (Å²) in [6, 6.07) is 6.18. The summed E-state index contributed by atoms with van der Waals surface area (Å²) in [6.07, 6.45) is 2.33. The molecule has 0 heterocycles. The summed E-state index contributed by atoms with van der Waals surface area (Å²) in [4.78, 5) is 10.7. The van der Waals surface area contributed by atoms with E-state index in [0.717, 1.165) is 18.4 Å². The average Bonchev–Trinajstić information content (AvgIpc) is 2.99. The summed E-state index contributed by atoms with van der Waals surface area (Å²) in [5.74, 6) is -0.519. The van der Waals surface area contributed by atoms with Gasteiger partial charge in [-0.25, -0.2) is 4.39 Å². The molecule has 0 aromatic heterocycles. The maximum atomic E-state index is 12.7. The molecule has 0 saturated heterocycles. The molecule has 1 aliphatic rings. The Bertz CT molecular complexity index is 354. The molecule has 1 aromatic carbocycles. The number of hydrogen-bond acceptors (Lipinski definition) is 1. The van der Waals surface area contributed by atoms with E-state index in [1.165, 1.54) is 12.1 Å². The van der Waals surface area contributed by atoms with Crippen molar-refractivity contribution in [2.45, 2.75) is 25.2 Å². The number of benzene rings is 1. The fraction of sp³-hybridized carbons (Fsp3) is 0.417. The minimum absolute atomic E-state index is 0.0584. The molecule has 1 atom stereocenters. The van der Waals surface area contributed by atoms with Crippen LogP contribution in [-0.4, -0.2) is 11.1 Å². The van der Waals surface area contributed by atoms with Gasteiger partial charge >= 0.3 is 5.97 Å². The lowest BCUT2D eigenvalue weighted by Crippen LogP contribution is -2.08.